The first kappa shape index (κ1) is 9.83. The maximum absolute atomic E-state index is 12.2. The second-order valence-corrected chi connectivity index (χ2v) is 4.57. The van der Waals surface area contributed by atoms with Crippen molar-refractivity contribution in [2.45, 2.75) is 25.7 Å². The Morgan fingerprint density at radius 3 is 1.92 bits per heavy atom. The van der Waals surface area contributed by atoms with Crippen molar-refractivity contribution >= 4 is 10.2 Å². The predicted molar refractivity (Wildman–Crippen MR) is 37.2 cm³/mol. The summed E-state index contributed by atoms with van der Waals surface area (Å²) < 4.78 is 56.9. The van der Waals surface area contributed by atoms with Gasteiger partial charge in [0.05, 0.1) is 5.75 Å². The molecule has 1 rings (SSSR count). The van der Waals surface area contributed by atoms with E-state index in [0.29, 0.717) is 6.42 Å². The standard InChI is InChI=1S/C6H9F3O2S/c7-5(8)6(2-1-3-6)4-12(9,10)11/h5H,1-4H2. The fourth-order valence-electron chi connectivity index (χ4n) is 1.40. The van der Waals surface area contributed by atoms with Crippen LogP contribution in [0.4, 0.5) is 12.7 Å². The molecule has 0 radical (unpaired) electrons. The quantitative estimate of drug-likeness (QED) is 0.653. The lowest BCUT2D eigenvalue weighted by Gasteiger charge is -2.39. The molecule has 0 bridgehead atoms. The monoisotopic (exact) mass is 202 g/mol. The zero-order valence-electron chi connectivity index (χ0n) is 6.26. The minimum atomic E-state index is -4.77. The van der Waals surface area contributed by atoms with Gasteiger partial charge in [0.1, 0.15) is 0 Å². The Kier molecular flexibility index (Phi) is 2.38. The lowest BCUT2D eigenvalue weighted by Crippen LogP contribution is -2.42. The van der Waals surface area contributed by atoms with E-state index in [1.165, 1.54) is 0 Å². The molecule has 0 atom stereocenters. The Labute approximate surface area is 69.0 Å². The minimum absolute atomic E-state index is 0.105. The molecule has 1 saturated carbocycles. The second-order valence-electron chi connectivity index (χ2n) is 3.20. The van der Waals surface area contributed by atoms with Crippen LogP contribution in [0.5, 0.6) is 0 Å². The predicted octanol–water partition coefficient (Wildman–Crippen LogP) is 1.72. The molecule has 0 aromatic carbocycles. The van der Waals surface area contributed by atoms with Gasteiger partial charge >= 0.3 is 10.2 Å². The third kappa shape index (κ3) is 1.91. The summed E-state index contributed by atoms with van der Waals surface area (Å²) in [6.45, 7) is 0. The summed E-state index contributed by atoms with van der Waals surface area (Å²) >= 11 is 0. The van der Waals surface area contributed by atoms with Gasteiger partial charge in [0.2, 0.25) is 6.43 Å². The summed E-state index contributed by atoms with van der Waals surface area (Å²) in [7, 11) is -4.77. The Morgan fingerprint density at radius 2 is 1.83 bits per heavy atom. The zero-order valence-corrected chi connectivity index (χ0v) is 7.08. The van der Waals surface area contributed by atoms with Gasteiger partial charge in [-0.05, 0) is 12.8 Å². The molecule has 0 unspecified atom stereocenters. The molecule has 0 amide bonds. The fraction of sp³-hybridized carbons (Fsp3) is 1.00. The first-order valence-corrected chi connectivity index (χ1v) is 5.11. The SMILES string of the molecule is O=S(=O)(F)CC1(C(F)F)CCC1. The number of hydrogen-bond donors (Lipinski definition) is 0. The highest BCUT2D eigenvalue weighted by Gasteiger charge is 2.48. The van der Waals surface area contributed by atoms with Crippen molar-refractivity contribution < 1.29 is 21.1 Å². The highest BCUT2D eigenvalue weighted by Crippen LogP contribution is 2.47. The van der Waals surface area contributed by atoms with Crippen LogP contribution < -0.4 is 0 Å². The Balaban J connectivity index is 2.70. The van der Waals surface area contributed by atoms with Gasteiger partial charge in [-0.3, -0.25) is 0 Å². The molecule has 1 fully saturated rings. The summed E-state index contributed by atoms with van der Waals surface area (Å²) in [5, 5.41) is 0. The van der Waals surface area contributed by atoms with E-state index < -0.39 is 27.8 Å². The van der Waals surface area contributed by atoms with Crippen LogP contribution in [-0.2, 0) is 10.2 Å². The molecule has 72 valence electrons. The van der Waals surface area contributed by atoms with E-state index in [2.05, 4.69) is 0 Å². The average Bonchev–Trinajstić information content (AvgIpc) is 1.75. The van der Waals surface area contributed by atoms with E-state index >= 15 is 0 Å². The molecule has 2 nitrogen and oxygen atoms in total. The molecule has 6 heteroatoms. The first-order chi connectivity index (χ1) is 5.36. The number of rotatable bonds is 3. The molecule has 0 spiro atoms. The molecule has 0 saturated heterocycles. The van der Waals surface area contributed by atoms with Crippen molar-refractivity contribution in [2.75, 3.05) is 5.75 Å². The van der Waals surface area contributed by atoms with Gasteiger partial charge in [-0.15, -0.1) is 3.89 Å². The maximum Gasteiger partial charge on any atom is 0.303 e. The van der Waals surface area contributed by atoms with Gasteiger partial charge in [-0.2, -0.15) is 8.42 Å². The van der Waals surface area contributed by atoms with Gasteiger partial charge in [-0.25, -0.2) is 8.78 Å². The normalized spacial score (nSPS) is 22.3. The van der Waals surface area contributed by atoms with Gasteiger partial charge in [0.15, 0.2) is 0 Å². The van der Waals surface area contributed by atoms with Crippen molar-refractivity contribution in [3.05, 3.63) is 0 Å². The van der Waals surface area contributed by atoms with E-state index in [4.69, 9.17) is 0 Å². The van der Waals surface area contributed by atoms with Gasteiger partial charge < -0.3 is 0 Å². The molecule has 0 aliphatic heterocycles. The number of alkyl halides is 2. The summed E-state index contributed by atoms with van der Waals surface area (Å²) in [5.41, 5.74) is -1.59. The zero-order chi connectivity index (χ0) is 9.41. The Bertz CT molecular complexity index is 256. The molecule has 0 aromatic rings. The van der Waals surface area contributed by atoms with Crippen LogP contribution >= 0.6 is 0 Å². The average molecular weight is 202 g/mol. The Morgan fingerprint density at radius 1 is 1.33 bits per heavy atom. The van der Waals surface area contributed by atoms with Gasteiger partial charge in [0, 0.05) is 5.41 Å². The second kappa shape index (κ2) is 2.90. The van der Waals surface area contributed by atoms with Crippen molar-refractivity contribution in [2.24, 2.45) is 5.41 Å². The molecule has 1 aliphatic rings. The van der Waals surface area contributed by atoms with E-state index in [1.54, 1.807) is 0 Å². The molecule has 1 aliphatic carbocycles. The van der Waals surface area contributed by atoms with Crippen molar-refractivity contribution in [1.82, 2.24) is 0 Å². The van der Waals surface area contributed by atoms with Crippen molar-refractivity contribution in [3.8, 4) is 0 Å². The molecule has 12 heavy (non-hydrogen) atoms. The van der Waals surface area contributed by atoms with Gasteiger partial charge in [-0.1, -0.05) is 6.42 Å². The van der Waals surface area contributed by atoms with Crippen LogP contribution in [0.15, 0.2) is 0 Å². The summed E-state index contributed by atoms with van der Waals surface area (Å²) in [5.74, 6) is -1.03. The fourth-order valence-corrected chi connectivity index (χ4v) is 2.50. The van der Waals surface area contributed by atoms with Crippen LogP contribution in [0.1, 0.15) is 19.3 Å². The van der Waals surface area contributed by atoms with E-state index in [0.717, 1.165) is 0 Å². The van der Waals surface area contributed by atoms with Gasteiger partial charge in [0.25, 0.3) is 0 Å². The number of hydrogen-bond acceptors (Lipinski definition) is 2. The highest BCUT2D eigenvalue weighted by atomic mass is 32.3. The minimum Gasteiger partial charge on any atom is -0.210 e. The molecule has 0 N–H and O–H groups in total. The number of halogens is 3. The summed E-state index contributed by atoms with van der Waals surface area (Å²) in [6.07, 6.45) is -1.97. The van der Waals surface area contributed by atoms with Crippen LogP contribution in [0.3, 0.4) is 0 Å². The molecule has 0 aromatic heterocycles. The third-order valence-electron chi connectivity index (χ3n) is 2.27. The van der Waals surface area contributed by atoms with Crippen LogP contribution in [0.25, 0.3) is 0 Å². The molecular formula is C6H9F3O2S. The highest BCUT2D eigenvalue weighted by molar-refractivity contribution is 7.86. The van der Waals surface area contributed by atoms with E-state index in [-0.39, 0.29) is 12.8 Å². The lowest BCUT2D eigenvalue weighted by atomic mass is 9.70. The third-order valence-corrected chi connectivity index (χ3v) is 3.19. The summed E-state index contributed by atoms with van der Waals surface area (Å²) in [4.78, 5) is 0. The van der Waals surface area contributed by atoms with Crippen molar-refractivity contribution in [3.63, 3.8) is 0 Å². The lowest BCUT2D eigenvalue weighted by molar-refractivity contribution is -0.0437. The maximum atomic E-state index is 12.2. The topological polar surface area (TPSA) is 34.1 Å². The van der Waals surface area contributed by atoms with E-state index in [9.17, 15) is 21.1 Å². The first-order valence-electron chi connectivity index (χ1n) is 3.56. The van der Waals surface area contributed by atoms with Crippen molar-refractivity contribution in [1.29, 1.82) is 0 Å². The van der Waals surface area contributed by atoms with Crippen LogP contribution in [-0.4, -0.2) is 20.6 Å². The Hall–Kier alpha value is -0.260. The largest absolute Gasteiger partial charge is 0.303 e. The smallest absolute Gasteiger partial charge is 0.210 e. The van der Waals surface area contributed by atoms with Crippen LogP contribution in [0, 0.1) is 5.41 Å². The van der Waals surface area contributed by atoms with Crippen LogP contribution in [0.2, 0.25) is 0 Å². The molecular weight excluding hydrogens is 193 g/mol. The summed E-state index contributed by atoms with van der Waals surface area (Å²) in [6, 6.07) is 0. The molecule has 0 heterocycles. The van der Waals surface area contributed by atoms with E-state index in [1.807, 2.05) is 0 Å².